The lowest BCUT2D eigenvalue weighted by Crippen LogP contribution is -2.35. The van der Waals surface area contributed by atoms with Crippen LogP contribution in [0.5, 0.6) is 0 Å². The zero-order valence-electron chi connectivity index (χ0n) is 16.4. The highest BCUT2D eigenvalue weighted by atomic mass is 16.5. The van der Waals surface area contributed by atoms with E-state index in [9.17, 15) is 0 Å². The van der Waals surface area contributed by atoms with Crippen molar-refractivity contribution in [2.75, 3.05) is 18.0 Å². The Bertz CT molecular complexity index is 977. The Morgan fingerprint density at radius 3 is 2.96 bits per heavy atom. The quantitative estimate of drug-likeness (QED) is 0.688. The largest absolute Gasteiger partial charge is 0.356 e. The van der Waals surface area contributed by atoms with E-state index in [-0.39, 0.29) is 5.92 Å². The van der Waals surface area contributed by atoms with Crippen molar-refractivity contribution in [1.82, 2.24) is 29.9 Å². The van der Waals surface area contributed by atoms with Gasteiger partial charge >= 0.3 is 0 Å². The van der Waals surface area contributed by atoms with Crippen molar-refractivity contribution in [3.8, 4) is 11.5 Å². The van der Waals surface area contributed by atoms with Crippen LogP contribution in [0.25, 0.3) is 11.5 Å². The molecular weight excluding hydrogens is 354 g/mol. The fourth-order valence-corrected chi connectivity index (χ4v) is 4.18. The second-order valence-electron chi connectivity index (χ2n) is 8.03. The fraction of sp³-hybridized carbons (Fsp3) is 0.550. The third-order valence-electron chi connectivity index (χ3n) is 5.70. The second kappa shape index (κ2) is 7.00. The zero-order chi connectivity index (χ0) is 19.1. The summed E-state index contributed by atoms with van der Waals surface area (Å²) in [6.07, 6.45) is 6.32. The Morgan fingerprint density at radius 2 is 2.11 bits per heavy atom. The Hall–Kier alpha value is -2.77. The number of aryl methyl sites for hydroxylation is 1. The summed E-state index contributed by atoms with van der Waals surface area (Å²) >= 11 is 0. The molecule has 3 aromatic rings. The van der Waals surface area contributed by atoms with E-state index in [1.165, 1.54) is 6.42 Å². The highest BCUT2D eigenvalue weighted by molar-refractivity contribution is 5.59. The minimum atomic E-state index is 0.242. The molecule has 1 fully saturated rings. The monoisotopic (exact) mass is 379 g/mol. The van der Waals surface area contributed by atoms with E-state index in [0.29, 0.717) is 11.8 Å². The maximum absolute atomic E-state index is 5.46. The lowest BCUT2D eigenvalue weighted by Gasteiger charge is -2.33. The van der Waals surface area contributed by atoms with Gasteiger partial charge in [0.25, 0.3) is 5.89 Å². The van der Waals surface area contributed by atoms with Gasteiger partial charge in [-0.3, -0.25) is 0 Å². The predicted molar refractivity (Wildman–Crippen MR) is 104 cm³/mol. The topological polar surface area (TPSA) is 85.8 Å². The molecule has 0 amide bonds. The number of fused-ring (bicyclic) bond motifs is 1. The van der Waals surface area contributed by atoms with E-state index in [1.54, 1.807) is 0 Å². The van der Waals surface area contributed by atoms with Crippen LogP contribution in [-0.2, 0) is 13.0 Å². The van der Waals surface area contributed by atoms with Gasteiger partial charge in [-0.15, -0.1) is 10.2 Å². The molecule has 1 atom stereocenters. The van der Waals surface area contributed by atoms with Gasteiger partial charge in [0, 0.05) is 49.7 Å². The van der Waals surface area contributed by atoms with E-state index in [1.807, 2.05) is 18.3 Å². The van der Waals surface area contributed by atoms with Crippen LogP contribution in [0, 0.1) is 0 Å². The zero-order valence-corrected chi connectivity index (χ0v) is 16.4. The number of hydrogen-bond donors (Lipinski definition) is 0. The SMILES string of the molecule is CC(C)c1noc(-c2ccnc(N3CCCC(c4nnc5n4CCC5)C3)c2)n1. The molecule has 8 nitrogen and oxygen atoms in total. The molecule has 0 saturated carbocycles. The molecule has 28 heavy (non-hydrogen) atoms. The smallest absolute Gasteiger partial charge is 0.258 e. The Kier molecular flexibility index (Phi) is 4.33. The van der Waals surface area contributed by atoms with Crippen LogP contribution < -0.4 is 4.90 Å². The summed E-state index contributed by atoms with van der Waals surface area (Å²) in [5.41, 5.74) is 0.912. The van der Waals surface area contributed by atoms with Crippen molar-refractivity contribution in [2.24, 2.45) is 0 Å². The molecular formula is C20H25N7O. The van der Waals surface area contributed by atoms with E-state index < -0.39 is 0 Å². The van der Waals surface area contributed by atoms with Crippen LogP contribution in [0.15, 0.2) is 22.9 Å². The van der Waals surface area contributed by atoms with Gasteiger partial charge in [0.1, 0.15) is 17.5 Å². The van der Waals surface area contributed by atoms with Gasteiger partial charge in [0.05, 0.1) is 0 Å². The van der Waals surface area contributed by atoms with Gasteiger partial charge in [-0.2, -0.15) is 4.98 Å². The van der Waals surface area contributed by atoms with Crippen LogP contribution >= 0.6 is 0 Å². The number of pyridine rings is 1. The Balaban J connectivity index is 1.38. The summed E-state index contributed by atoms with van der Waals surface area (Å²) in [5, 5.41) is 13.0. The van der Waals surface area contributed by atoms with Crippen LogP contribution in [0.3, 0.4) is 0 Å². The normalized spacial score (nSPS) is 19.4. The summed E-state index contributed by atoms with van der Waals surface area (Å²) in [4.78, 5) is 11.5. The molecule has 5 rings (SSSR count). The van der Waals surface area contributed by atoms with Crippen molar-refractivity contribution in [3.63, 3.8) is 0 Å². The lowest BCUT2D eigenvalue weighted by atomic mass is 9.97. The molecule has 0 N–H and O–H groups in total. The molecule has 3 aromatic heterocycles. The van der Waals surface area contributed by atoms with E-state index >= 15 is 0 Å². The summed E-state index contributed by atoms with van der Waals surface area (Å²) < 4.78 is 7.78. The average Bonchev–Trinajstić information content (AvgIpc) is 3.45. The summed E-state index contributed by atoms with van der Waals surface area (Å²) in [7, 11) is 0. The van der Waals surface area contributed by atoms with Crippen molar-refractivity contribution in [3.05, 3.63) is 35.8 Å². The van der Waals surface area contributed by atoms with E-state index in [2.05, 4.69) is 48.6 Å². The van der Waals surface area contributed by atoms with Gasteiger partial charge in [-0.25, -0.2) is 4.98 Å². The first-order valence-electron chi connectivity index (χ1n) is 10.2. The average molecular weight is 379 g/mol. The van der Waals surface area contributed by atoms with Crippen LogP contribution in [-0.4, -0.2) is 43.0 Å². The van der Waals surface area contributed by atoms with E-state index in [4.69, 9.17) is 4.52 Å². The molecule has 8 heteroatoms. The van der Waals surface area contributed by atoms with Crippen molar-refractivity contribution in [1.29, 1.82) is 0 Å². The van der Waals surface area contributed by atoms with E-state index in [0.717, 1.165) is 67.8 Å². The van der Waals surface area contributed by atoms with Crippen molar-refractivity contribution < 1.29 is 4.52 Å². The van der Waals surface area contributed by atoms with Crippen LogP contribution in [0.1, 0.15) is 62.4 Å². The van der Waals surface area contributed by atoms with Gasteiger partial charge in [-0.1, -0.05) is 19.0 Å². The Morgan fingerprint density at radius 1 is 1.18 bits per heavy atom. The molecule has 0 aromatic carbocycles. The Labute approximate surface area is 164 Å². The van der Waals surface area contributed by atoms with Crippen LogP contribution in [0.4, 0.5) is 5.82 Å². The maximum atomic E-state index is 5.46. The molecule has 0 bridgehead atoms. The molecule has 0 spiro atoms. The minimum Gasteiger partial charge on any atom is -0.356 e. The molecule has 146 valence electrons. The summed E-state index contributed by atoms with van der Waals surface area (Å²) in [6, 6.07) is 3.97. The molecule has 1 saturated heterocycles. The number of rotatable bonds is 4. The molecule has 5 heterocycles. The third kappa shape index (κ3) is 3.06. The van der Waals surface area contributed by atoms with Gasteiger partial charge in [0.15, 0.2) is 5.82 Å². The summed E-state index contributed by atoms with van der Waals surface area (Å²) in [5.74, 6) is 5.16. The molecule has 2 aliphatic heterocycles. The maximum Gasteiger partial charge on any atom is 0.258 e. The summed E-state index contributed by atoms with van der Waals surface area (Å²) in [6.45, 7) is 7.07. The highest BCUT2D eigenvalue weighted by Gasteiger charge is 2.29. The first-order valence-corrected chi connectivity index (χ1v) is 10.2. The molecule has 0 radical (unpaired) electrons. The number of aromatic nitrogens is 6. The fourth-order valence-electron chi connectivity index (χ4n) is 4.18. The first kappa shape index (κ1) is 17.3. The third-order valence-corrected chi connectivity index (χ3v) is 5.70. The molecule has 1 unspecified atom stereocenters. The van der Waals surface area contributed by atoms with Crippen LogP contribution in [0.2, 0.25) is 0 Å². The van der Waals surface area contributed by atoms with Crippen molar-refractivity contribution in [2.45, 2.75) is 57.9 Å². The number of piperidine rings is 1. The lowest BCUT2D eigenvalue weighted by molar-refractivity contribution is 0.419. The first-order chi connectivity index (χ1) is 13.7. The number of anilines is 1. The second-order valence-corrected chi connectivity index (χ2v) is 8.03. The minimum absolute atomic E-state index is 0.242. The predicted octanol–water partition coefficient (Wildman–Crippen LogP) is 3.18. The highest BCUT2D eigenvalue weighted by Crippen LogP contribution is 2.31. The van der Waals surface area contributed by atoms with Gasteiger partial charge in [-0.05, 0) is 31.4 Å². The van der Waals surface area contributed by atoms with Gasteiger partial charge in [0.2, 0.25) is 0 Å². The number of nitrogens with zero attached hydrogens (tertiary/aromatic N) is 7. The van der Waals surface area contributed by atoms with Gasteiger partial charge < -0.3 is 14.0 Å². The van der Waals surface area contributed by atoms with Crippen molar-refractivity contribution >= 4 is 5.82 Å². The molecule has 2 aliphatic rings. The standard InChI is InChI=1S/C20H25N7O/c1-13(2)18-22-20(28-25-18)14-7-8-21-17(11-14)26-9-3-5-15(12-26)19-24-23-16-6-4-10-27(16)19/h7-8,11,13,15H,3-6,9-10,12H2,1-2H3. The molecule has 0 aliphatic carbocycles. The number of hydrogen-bond acceptors (Lipinski definition) is 7.